The van der Waals surface area contributed by atoms with Crippen LogP contribution in [0.1, 0.15) is 25.0 Å². The van der Waals surface area contributed by atoms with Crippen LogP contribution in [0.25, 0.3) is 0 Å². The van der Waals surface area contributed by atoms with Gasteiger partial charge < -0.3 is 0 Å². The number of imide groups is 2. The quantitative estimate of drug-likeness (QED) is 0.612. The Kier molecular flexibility index (Phi) is 3.53. The maximum Gasteiger partial charge on any atom is 0.334 e. The first kappa shape index (κ1) is 13.7. The largest absolute Gasteiger partial charge is 0.334 e. The number of benzene rings is 1. The van der Waals surface area contributed by atoms with E-state index < -0.39 is 17.8 Å². The van der Waals surface area contributed by atoms with Gasteiger partial charge in [0.2, 0.25) is 0 Å². The second-order valence-corrected chi connectivity index (χ2v) is 4.71. The van der Waals surface area contributed by atoms with Crippen molar-refractivity contribution >= 4 is 17.8 Å². The monoisotopic (exact) mass is 271 g/mol. The van der Waals surface area contributed by atoms with Crippen molar-refractivity contribution in [2.45, 2.75) is 26.4 Å². The van der Waals surface area contributed by atoms with E-state index in [-0.39, 0.29) is 12.6 Å². The van der Waals surface area contributed by atoms with Gasteiger partial charge in [0.05, 0.1) is 18.2 Å². The molecule has 1 heterocycles. The van der Waals surface area contributed by atoms with Gasteiger partial charge in [-0.1, -0.05) is 18.2 Å². The lowest BCUT2D eigenvalue weighted by atomic mass is 10.1. The summed E-state index contributed by atoms with van der Waals surface area (Å²) in [5, 5.41) is 9.00. The van der Waals surface area contributed by atoms with Gasteiger partial charge in [0, 0.05) is 6.04 Å². The van der Waals surface area contributed by atoms with Gasteiger partial charge in [0.1, 0.15) is 0 Å². The van der Waals surface area contributed by atoms with E-state index in [0.29, 0.717) is 11.1 Å². The smallest absolute Gasteiger partial charge is 0.263 e. The van der Waals surface area contributed by atoms with Crippen LogP contribution in [-0.4, -0.2) is 33.7 Å². The number of hydrogen-bond acceptors (Lipinski definition) is 4. The molecule has 0 saturated carbocycles. The lowest BCUT2D eigenvalue weighted by molar-refractivity contribution is -0.144. The number of nitriles is 1. The summed E-state index contributed by atoms with van der Waals surface area (Å²) >= 11 is 0. The van der Waals surface area contributed by atoms with E-state index in [1.165, 1.54) is 0 Å². The minimum Gasteiger partial charge on any atom is -0.263 e. The van der Waals surface area contributed by atoms with Gasteiger partial charge in [-0.25, -0.2) is 4.79 Å². The lowest BCUT2D eigenvalue weighted by Gasteiger charge is -2.18. The Morgan fingerprint density at radius 3 is 2.35 bits per heavy atom. The van der Waals surface area contributed by atoms with Crippen LogP contribution in [0.5, 0.6) is 0 Å². The van der Waals surface area contributed by atoms with Gasteiger partial charge >= 0.3 is 17.8 Å². The molecule has 1 aromatic rings. The summed E-state index contributed by atoms with van der Waals surface area (Å²) < 4.78 is 0. The van der Waals surface area contributed by atoms with Crippen LogP contribution in [0.2, 0.25) is 0 Å². The van der Waals surface area contributed by atoms with Crippen LogP contribution in [0.15, 0.2) is 24.3 Å². The molecule has 1 aliphatic heterocycles. The van der Waals surface area contributed by atoms with Gasteiger partial charge in [-0.2, -0.15) is 5.26 Å². The van der Waals surface area contributed by atoms with Gasteiger partial charge in [-0.3, -0.25) is 19.4 Å². The molecule has 6 heteroatoms. The fourth-order valence-electron chi connectivity index (χ4n) is 2.05. The van der Waals surface area contributed by atoms with Crippen LogP contribution in [0.3, 0.4) is 0 Å². The molecule has 4 amide bonds. The minimum absolute atomic E-state index is 0.0731. The zero-order chi connectivity index (χ0) is 14.9. The SMILES string of the molecule is CC(C)N1C(=O)C(=O)N(Cc2ccccc2C#N)C1=O. The van der Waals surface area contributed by atoms with Gasteiger partial charge in [0.25, 0.3) is 0 Å². The Bertz CT molecular complexity index is 631. The van der Waals surface area contributed by atoms with E-state index in [1.54, 1.807) is 38.1 Å². The molecule has 2 rings (SSSR count). The first-order chi connectivity index (χ1) is 9.47. The average molecular weight is 271 g/mol. The molecule has 0 N–H and O–H groups in total. The van der Waals surface area contributed by atoms with Crippen LogP contribution in [0.4, 0.5) is 4.79 Å². The number of urea groups is 1. The Labute approximate surface area is 116 Å². The normalized spacial score (nSPS) is 15.2. The molecule has 102 valence electrons. The molecule has 0 bridgehead atoms. The fraction of sp³-hybridized carbons (Fsp3) is 0.286. The highest BCUT2D eigenvalue weighted by Crippen LogP contribution is 2.19. The number of amides is 4. The Hall–Kier alpha value is -2.68. The van der Waals surface area contributed by atoms with Crippen LogP contribution < -0.4 is 0 Å². The first-order valence-electron chi connectivity index (χ1n) is 6.14. The van der Waals surface area contributed by atoms with Crippen molar-refractivity contribution in [1.29, 1.82) is 5.26 Å². The van der Waals surface area contributed by atoms with E-state index in [0.717, 1.165) is 9.80 Å². The number of rotatable bonds is 3. The predicted octanol–water partition coefficient (Wildman–Crippen LogP) is 1.26. The van der Waals surface area contributed by atoms with Gasteiger partial charge in [-0.15, -0.1) is 0 Å². The molecule has 0 aromatic heterocycles. The molecule has 1 saturated heterocycles. The average Bonchev–Trinajstić information content (AvgIpc) is 2.63. The maximum absolute atomic E-state index is 12.1. The third kappa shape index (κ3) is 2.14. The first-order valence-corrected chi connectivity index (χ1v) is 6.14. The van der Waals surface area contributed by atoms with Crippen molar-refractivity contribution in [1.82, 2.24) is 9.80 Å². The van der Waals surface area contributed by atoms with Crippen molar-refractivity contribution in [3.05, 3.63) is 35.4 Å². The zero-order valence-corrected chi connectivity index (χ0v) is 11.2. The molecule has 0 unspecified atom stereocenters. The van der Waals surface area contributed by atoms with Crippen LogP contribution in [-0.2, 0) is 16.1 Å². The summed E-state index contributed by atoms with van der Waals surface area (Å²) in [5.41, 5.74) is 0.915. The van der Waals surface area contributed by atoms with E-state index >= 15 is 0 Å². The van der Waals surface area contributed by atoms with Crippen molar-refractivity contribution in [2.75, 3.05) is 0 Å². The molecule has 1 aliphatic rings. The second-order valence-electron chi connectivity index (χ2n) is 4.71. The highest BCUT2D eigenvalue weighted by molar-refractivity contribution is 6.44. The third-order valence-electron chi connectivity index (χ3n) is 3.07. The number of carbonyl (C=O) groups is 3. The van der Waals surface area contributed by atoms with Gasteiger partial charge in [-0.05, 0) is 25.5 Å². The molecule has 6 nitrogen and oxygen atoms in total. The van der Waals surface area contributed by atoms with E-state index in [9.17, 15) is 14.4 Å². The Balaban J connectivity index is 2.31. The predicted molar refractivity (Wildman–Crippen MR) is 69.1 cm³/mol. The highest BCUT2D eigenvalue weighted by Gasteiger charge is 2.45. The summed E-state index contributed by atoms with van der Waals surface area (Å²) in [6, 6.07) is 7.64. The number of nitrogens with zero attached hydrogens (tertiary/aromatic N) is 3. The van der Waals surface area contributed by atoms with E-state index in [4.69, 9.17) is 5.26 Å². The van der Waals surface area contributed by atoms with Crippen LogP contribution in [0, 0.1) is 11.3 Å². The van der Waals surface area contributed by atoms with Crippen molar-refractivity contribution in [3.63, 3.8) is 0 Å². The molecular formula is C14H13N3O3. The van der Waals surface area contributed by atoms with Gasteiger partial charge in [0.15, 0.2) is 0 Å². The van der Waals surface area contributed by atoms with Crippen LogP contribution >= 0.6 is 0 Å². The summed E-state index contributed by atoms with van der Waals surface area (Å²) in [5.74, 6) is -1.67. The summed E-state index contributed by atoms with van der Waals surface area (Å²) in [7, 11) is 0. The molecular weight excluding hydrogens is 258 g/mol. The second kappa shape index (κ2) is 5.13. The molecule has 0 aliphatic carbocycles. The molecule has 1 aromatic carbocycles. The molecule has 0 atom stereocenters. The maximum atomic E-state index is 12.1. The topological polar surface area (TPSA) is 81.5 Å². The highest BCUT2D eigenvalue weighted by atomic mass is 16.2. The minimum atomic E-state index is -0.851. The summed E-state index contributed by atoms with van der Waals surface area (Å²) in [6.45, 7) is 3.25. The lowest BCUT2D eigenvalue weighted by Crippen LogP contribution is -2.37. The van der Waals surface area contributed by atoms with Crippen molar-refractivity contribution in [3.8, 4) is 6.07 Å². The number of hydrogen-bond donors (Lipinski definition) is 0. The Morgan fingerprint density at radius 2 is 1.80 bits per heavy atom. The molecule has 0 spiro atoms. The summed E-state index contributed by atoms with van der Waals surface area (Å²) in [4.78, 5) is 37.5. The molecule has 20 heavy (non-hydrogen) atoms. The van der Waals surface area contributed by atoms with Crippen molar-refractivity contribution in [2.24, 2.45) is 0 Å². The standard InChI is InChI=1S/C14H13N3O3/c1-9(2)17-13(19)12(18)16(14(17)20)8-11-6-4-3-5-10(11)7-15/h3-6,9H,8H2,1-2H3. The van der Waals surface area contributed by atoms with E-state index in [2.05, 4.69) is 0 Å². The third-order valence-corrected chi connectivity index (χ3v) is 3.07. The fourth-order valence-corrected chi connectivity index (χ4v) is 2.05. The van der Waals surface area contributed by atoms with Crippen molar-refractivity contribution < 1.29 is 14.4 Å². The molecule has 0 radical (unpaired) electrons. The van der Waals surface area contributed by atoms with E-state index in [1.807, 2.05) is 6.07 Å². The Morgan fingerprint density at radius 1 is 1.15 bits per heavy atom. The molecule has 1 fully saturated rings. The summed E-state index contributed by atoms with van der Waals surface area (Å²) in [6.07, 6.45) is 0. The zero-order valence-electron chi connectivity index (χ0n) is 11.2. The number of carbonyl (C=O) groups excluding carboxylic acids is 3.